The SMILES string of the molecule is CCCN1c2cc(OC)c(C=Nc3ccccc3Cl)cc2C(C)CC1(C)C. The molecule has 0 saturated carbocycles. The van der Waals surface area contributed by atoms with Crippen molar-refractivity contribution in [1.29, 1.82) is 0 Å². The highest BCUT2D eigenvalue weighted by Gasteiger charge is 2.36. The molecule has 27 heavy (non-hydrogen) atoms. The van der Waals surface area contributed by atoms with E-state index in [1.807, 2.05) is 30.5 Å². The van der Waals surface area contributed by atoms with E-state index in [1.54, 1.807) is 7.11 Å². The Labute approximate surface area is 168 Å². The second-order valence-electron chi connectivity index (χ2n) is 7.93. The van der Waals surface area contributed by atoms with Crippen LogP contribution in [0.2, 0.25) is 5.02 Å². The van der Waals surface area contributed by atoms with Crippen LogP contribution in [-0.2, 0) is 0 Å². The molecule has 3 nitrogen and oxygen atoms in total. The number of benzene rings is 2. The second kappa shape index (κ2) is 7.93. The summed E-state index contributed by atoms with van der Waals surface area (Å²) in [6, 6.07) is 12.0. The standard InChI is InChI=1S/C23H29ClN2O/c1-6-11-26-21-13-22(27-5)17(12-18(21)16(2)14-23(26,3)4)15-25-20-10-8-7-9-19(20)24/h7-10,12-13,15-16H,6,11,14H2,1-5H3. The van der Waals surface area contributed by atoms with Crippen molar-refractivity contribution >= 4 is 29.2 Å². The number of para-hydroxylation sites is 1. The minimum absolute atomic E-state index is 0.139. The third kappa shape index (κ3) is 3.98. The van der Waals surface area contributed by atoms with Crippen LogP contribution in [0.4, 0.5) is 11.4 Å². The molecule has 1 aliphatic rings. The Balaban J connectivity index is 2.06. The molecule has 4 heteroatoms. The lowest BCUT2D eigenvalue weighted by atomic mass is 9.79. The number of aliphatic imine (C=N–C) groups is 1. The lowest BCUT2D eigenvalue weighted by Crippen LogP contribution is -2.48. The van der Waals surface area contributed by atoms with Gasteiger partial charge in [-0.1, -0.05) is 37.6 Å². The first-order valence-electron chi connectivity index (χ1n) is 9.65. The molecule has 2 aromatic carbocycles. The van der Waals surface area contributed by atoms with Gasteiger partial charge < -0.3 is 9.64 Å². The molecule has 0 spiro atoms. The summed E-state index contributed by atoms with van der Waals surface area (Å²) < 4.78 is 5.71. The summed E-state index contributed by atoms with van der Waals surface area (Å²) in [6.45, 7) is 10.3. The highest BCUT2D eigenvalue weighted by molar-refractivity contribution is 6.33. The monoisotopic (exact) mass is 384 g/mol. The number of rotatable bonds is 5. The molecule has 1 heterocycles. The molecule has 1 aliphatic heterocycles. The molecule has 1 atom stereocenters. The van der Waals surface area contributed by atoms with Gasteiger partial charge in [-0.2, -0.15) is 0 Å². The molecule has 2 aromatic rings. The highest BCUT2D eigenvalue weighted by Crippen LogP contribution is 2.45. The first-order chi connectivity index (χ1) is 12.9. The topological polar surface area (TPSA) is 24.8 Å². The Morgan fingerprint density at radius 1 is 1.30 bits per heavy atom. The molecule has 0 radical (unpaired) electrons. The van der Waals surface area contributed by atoms with Gasteiger partial charge >= 0.3 is 0 Å². The normalized spacial score (nSPS) is 18.6. The van der Waals surface area contributed by atoms with E-state index in [-0.39, 0.29) is 5.54 Å². The van der Waals surface area contributed by atoms with E-state index in [0.717, 1.165) is 36.4 Å². The van der Waals surface area contributed by atoms with E-state index in [4.69, 9.17) is 16.3 Å². The number of nitrogens with zero attached hydrogens (tertiary/aromatic N) is 2. The zero-order valence-electron chi connectivity index (χ0n) is 16.9. The molecular formula is C23H29ClN2O. The Morgan fingerprint density at radius 2 is 2.04 bits per heavy atom. The van der Waals surface area contributed by atoms with Crippen molar-refractivity contribution in [3.8, 4) is 5.75 Å². The summed E-state index contributed by atoms with van der Waals surface area (Å²) in [5.74, 6) is 1.33. The second-order valence-corrected chi connectivity index (χ2v) is 8.34. The Hall–Kier alpha value is -2.00. The van der Waals surface area contributed by atoms with Crippen molar-refractivity contribution in [1.82, 2.24) is 0 Å². The molecule has 0 fully saturated rings. The van der Waals surface area contributed by atoms with E-state index in [9.17, 15) is 0 Å². The van der Waals surface area contributed by atoms with Crippen molar-refractivity contribution in [2.24, 2.45) is 4.99 Å². The maximum absolute atomic E-state index is 6.24. The molecule has 0 amide bonds. The summed E-state index contributed by atoms with van der Waals surface area (Å²) in [4.78, 5) is 7.12. The van der Waals surface area contributed by atoms with Gasteiger partial charge in [-0.05, 0) is 56.4 Å². The molecule has 0 saturated heterocycles. The van der Waals surface area contributed by atoms with Gasteiger partial charge in [0.1, 0.15) is 5.75 Å². The number of hydrogen-bond donors (Lipinski definition) is 0. The van der Waals surface area contributed by atoms with Crippen LogP contribution < -0.4 is 9.64 Å². The van der Waals surface area contributed by atoms with Crippen LogP contribution in [0.1, 0.15) is 57.6 Å². The van der Waals surface area contributed by atoms with Crippen molar-refractivity contribution in [3.05, 3.63) is 52.5 Å². The Bertz CT molecular complexity index is 844. The van der Waals surface area contributed by atoms with Gasteiger partial charge in [0.15, 0.2) is 0 Å². The molecule has 0 bridgehead atoms. The van der Waals surface area contributed by atoms with Crippen LogP contribution in [0.15, 0.2) is 41.4 Å². The average Bonchev–Trinajstić information content (AvgIpc) is 2.63. The summed E-state index contributed by atoms with van der Waals surface area (Å²) in [5.41, 5.74) is 4.54. The van der Waals surface area contributed by atoms with Crippen molar-refractivity contribution in [2.45, 2.75) is 52.0 Å². The maximum atomic E-state index is 6.24. The van der Waals surface area contributed by atoms with Crippen LogP contribution in [0.25, 0.3) is 0 Å². The quantitative estimate of drug-likeness (QED) is 0.542. The van der Waals surface area contributed by atoms with E-state index in [2.05, 4.69) is 49.7 Å². The Kier molecular flexibility index (Phi) is 5.81. The smallest absolute Gasteiger partial charge is 0.129 e. The summed E-state index contributed by atoms with van der Waals surface area (Å²) in [7, 11) is 1.72. The average molecular weight is 385 g/mol. The molecule has 0 aromatic heterocycles. The van der Waals surface area contributed by atoms with Gasteiger partial charge in [-0.3, -0.25) is 4.99 Å². The third-order valence-electron chi connectivity index (χ3n) is 5.38. The number of methoxy groups -OCH3 is 1. The van der Waals surface area contributed by atoms with Crippen LogP contribution in [-0.4, -0.2) is 25.4 Å². The largest absolute Gasteiger partial charge is 0.496 e. The van der Waals surface area contributed by atoms with Crippen LogP contribution in [0.3, 0.4) is 0 Å². The summed E-state index contributed by atoms with van der Waals surface area (Å²) in [5, 5.41) is 0.648. The molecular weight excluding hydrogens is 356 g/mol. The van der Waals surface area contributed by atoms with Crippen molar-refractivity contribution in [2.75, 3.05) is 18.6 Å². The van der Waals surface area contributed by atoms with E-state index in [1.165, 1.54) is 11.3 Å². The fourth-order valence-electron chi connectivity index (χ4n) is 4.15. The van der Waals surface area contributed by atoms with Gasteiger partial charge in [0.2, 0.25) is 0 Å². The van der Waals surface area contributed by atoms with Gasteiger partial charge in [0, 0.05) is 35.6 Å². The van der Waals surface area contributed by atoms with Crippen LogP contribution in [0.5, 0.6) is 5.75 Å². The predicted octanol–water partition coefficient (Wildman–Crippen LogP) is 6.60. The zero-order chi connectivity index (χ0) is 19.6. The highest BCUT2D eigenvalue weighted by atomic mass is 35.5. The molecule has 3 rings (SSSR count). The molecule has 1 unspecified atom stereocenters. The first-order valence-corrected chi connectivity index (χ1v) is 10.0. The minimum atomic E-state index is 0.139. The van der Waals surface area contributed by atoms with Crippen LogP contribution in [0, 0.1) is 0 Å². The number of halogens is 1. The summed E-state index contributed by atoms with van der Waals surface area (Å²) >= 11 is 6.24. The lowest BCUT2D eigenvalue weighted by molar-refractivity contribution is 0.372. The number of fused-ring (bicyclic) bond motifs is 1. The number of ether oxygens (including phenoxy) is 1. The fourth-order valence-corrected chi connectivity index (χ4v) is 4.33. The van der Waals surface area contributed by atoms with E-state index < -0.39 is 0 Å². The molecule has 0 aliphatic carbocycles. The van der Waals surface area contributed by atoms with Gasteiger partial charge in [0.05, 0.1) is 17.8 Å². The minimum Gasteiger partial charge on any atom is -0.496 e. The summed E-state index contributed by atoms with van der Waals surface area (Å²) in [6.07, 6.45) is 4.11. The van der Waals surface area contributed by atoms with E-state index in [0.29, 0.717) is 10.9 Å². The van der Waals surface area contributed by atoms with Gasteiger partial charge in [-0.15, -0.1) is 0 Å². The van der Waals surface area contributed by atoms with Crippen LogP contribution >= 0.6 is 11.6 Å². The van der Waals surface area contributed by atoms with Crippen molar-refractivity contribution in [3.63, 3.8) is 0 Å². The molecule has 0 N–H and O–H groups in total. The fraction of sp³-hybridized carbons (Fsp3) is 0.435. The first kappa shape index (κ1) is 19.8. The maximum Gasteiger partial charge on any atom is 0.129 e. The van der Waals surface area contributed by atoms with E-state index >= 15 is 0 Å². The predicted molar refractivity (Wildman–Crippen MR) is 116 cm³/mol. The Morgan fingerprint density at radius 3 is 2.70 bits per heavy atom. The zero-order valence-corrected chi connectivity index (χ0v) is 17.7. The van der Waals surface area contributed by atoms with Gasteiger partial charge in [-0.25, -0.2) is 0 Å². The van der Waals surface area contributed by atoms with Gasteiger partial charge in [0.25, 0.3) is 0 Å². The number of anilines is 1. The third-order valence-corrected chi connectivity index (χ3v) is 5.70. The lowest BCUT2D eigenvalue weighted by Gasteiger charge is -2.47. The van der Waals surface area contributed by atoms with Crippen molar-refractivity contribution < 1.29 is 4.74 Å². The number of hydrogen-bond acceptors (Lipinski definition) is 3. The molecule has 144 valence electrons.